The normalized spacial score (nSPS) is 25.4. The molecule has 2 unspecified atom stereocenters. The maximum Gasteiger partial charge on any atom is 0.236 e. The number of carbonyl (C=O) groups excluding carboxylic acids is 1. The Morgan fingerprint density at radius 1 is 1.41 bits per heavy atom. The second kappa shape index (κ2) is 6.93. The predicted octanol–water partition coefficient (Wildman–Crippen LogP) is -0.227. The highest BCUT2D eigenvalue weighted by Crippen LogP contribution is 2.10. The zero-order valence-electron chi connectivity index (χ0n) is 11.4. The summed E-state index contributed by atoms with van der Waals surface area (Å²) >= 11 is 0. The zero-order chi connectivity index (χ0) is 12.8. The van der Waals surface area contributed by atoms with Crippen LogP contribution in [0, 0.1) is 0 Å². The summed E-state index contributed by atoms with van der Waals surface area (Å²) < 4.78 is 5.62. The van der Waals surface area contributed by atoms with E-state index >= 15 is 0 Å². The molecule has 100 valence electrons. The Hall–Kier alpha value is -0.650. The Morgan fingerprint density at radius 3 is 2.53 bits per heavy atom. The summed E-state index contributed by atoms with van der Waals surface area (Å²) in [5, 5.41) is 3.08. The molecule has 1 saturated heterocycles. The third-order valence-electron chi connectivity index (χ3n) is 2.92. The molecule has 0 spiro atoms. The van der Waals surface area contributed by atoms with E-state index in [4.69, 9.17) is 4.74 Å². The lowest BCUT2D eigenvalue weighted by atomic mass is 10.2. The highest BCUT2D eigenvalue weighted by Gasteiger charge is 2.25. The van der Waals surface area contributed by atoms with Gasteiger partial charge in [-0.2, -0.15) is 0 Å². The van der Waals surface area contributed by atoms with Crippen LogP contribution in [0.1, 0.15) is 13.8 Å². The summed E-state index contributed by atoms with van der Waals surface area (Å²) in [7, 11) is 3.89. The Morgan fingerprint density at radius 2 is 2.00 bits per heavy atom. The SMILES string of the molecule is CNCCN(C)CC(=O)N1CC(C)OC(C)C1. The van der Waals surface area contributed by atoms with Crippen LogP contribution in [0.25, 0.3) is 0 Å². The van der Waals surface area contributed by atoms with Gasteiger partial charge in [-0.25, -0.2) is 0 Å². The van der Waals surface area contributed by atoms with Gasteiger partial charge >= 0.3 is 0 Å². The monoisotopic (exact) mass is 243 g/mol. The van der Waals surface area contributed by atoms with Crippen LogP contribution in [-0.4, -0.2) is 74.7 Å². The van der Waals surface area contributed by atoms with Gasteiger partial charge in [-0.1, -0.05) is 0 Å². The lowest BCUT2D eigenvalue weighted by Crippen LogP contribution is -2.51. The van der Waals surface area contributed by atoms with Gasteiger partial charge < -0.3 is 15.0 Å². The van der Waals surface area contributed by atoms with E-state index in [-0.39, 0.29) is 18.1 Å². The molecule has 1 fully saturated rings. The number of rotatable bonds is 5. The van der Waals surface area contributed by atoms with Gasteiger partial charge in [0.05, 0.1) is 18.8 Å². The first kappa shape index (κ1) is 14.4. The first-order valence-corrected chi connectivity index (χ1v) is 6.29. The number of nitrogens with zero attached hydrogens (tertiary/aromatic N) is 2. The highest BCUT2D eigenvalue weighted by atomic mass is 16.5. The van der Waals surface area contributed by atoms with Gasteiger partial charge in [-0.05, 0) is 27.9 Å². The minimum Gasteiger partial charge on any atom is -0.372 e. The summed E-state index contributed by atoms with van der Waals surface area (Å²) in [6, 6.07) is 0. The van der Waals surface area contributed by atoms with Crippen LogP contribution >= 0.6 is 0 Å². The van der Waals surface area contributed by atoms with Crippen molar-refractivity contribution in [2.75, 3.05) is 46.8 Å². The van der Waals surface area contributed by atoms with Crippen molar-refractivity contribution in [3.8, 4) is 0 Å². The second-order valence-electron chi connectivity index (χ2n) is 4.90. The fourth-order valence-electron chi connectivity index (χ4n) is 2.09. The lowest BCUT2D eigenvalue weighted by molar-refractivity contribution is -0.144. The van der Waals surface area contributed by atoms with Gasteiger partial charge in [-0.3, -0.25) is 9.69 Å². The van der Waals surface area contributed by atoms with Crippen LogP contribution in [0.2, 0.25) is 0 Å². The molecule has 1 N–H and O–H groups in total. The number of carbonyl (C=O) groups is 1. The van der Waals surface area contributed by atoms with E-state index in [2.05, 4.69) is 5.32 Å². The average Bonchev–Trinajstić information content (AvgIpc) is 2.25. The van der Waals surface area contributed by atoms with E-state index in [9.17, 15) is 4.79 Å². The molecule has 0 aromatic rings. The quantitative estimate of drug-likeness (QED) is 0.725. The van der Waals surface area contributed by atoms with Gasteiger partial charge in [0.1, 0.15) is 0 Å². The van der Waals surface area contributed by atoms with Crippen molar-refractivity contribution in [2.45, 2.75) is 26.1 Å². The molecule has 1 aliphatic rings. The molecule has 1 rings (SSSR count). The molecule has 0 aromatic heterocycles. The molecule has 17 heavy (non-hydrogen) atoms. The maximum atomic E-state index is 12.1. The molecule has 1 amide bonds. The number of hydrogen-bond acceptors (Lipinski definition) is 4. The summed E-state index contributed by atoms with van der Waals surface area (Å²) in [4.78, 5) is 16.0. The summed E-state index contributed by atoms with van der Waals surface area (Å²) in [6.07, 6.45) is 0.288. The molecule has 0 aliphatic carbocycles. The molecule has 1 aliphatic heterocycles. The summed E-state index contributed by atoms with van der Waals surface area (Å²) in [6.45, 7) is 7.73. The first-order valence-electron chi connectivity index (χ1n) is 6.29. The van der Waals surface area contributed by atoms with Gasteiger partial charge in [0.25, 0.3) is 0 Å². The molecule has 5 nitrogen and oxygen atoms in total. The fraction of sp³-hybridized carbons (Fsp3) is 0.917. The van der Waals surface area contributed by atoms with Crippen molar-refractivity contribution in [2.24, 2.45) is 0 Å². The molecule has 0 bridgehead atoms. The van der Waals surface area contributed by atoms with Gasteiger partial charge in [0.15, 0.2) is 0 Å². The number of amides is 1. The van der Waals surface area contributed by atoms with Crippen LogP contribution in [0.5, 0.6) is 0 Å². The van der Waals surface area contributed by atoms with Crippen molar-refractivity contribution in [1.82, 2.24) is 15.1 Å². The van der Waals surface area contributed by atoms with Crippen LogP contribution in [0.3, 0.4) is 0 Å². The van der Waals surface area contributed by atoms with Gasteiger partial charge in [0, 0.05) is 26.2 Å². The summed E-state index contributed by atoms with van der Waals surface area (Å²) in [5.41, 5.74) is 0. The van der Waals surface area contributed by atoms with Crippen LogP contribution in [-0.2, 0) is 9.53 Å². The molecular formula is C12H25N3O2. The topological polar surface area (TPSA) is 44.8 Å². The predicted molar refractivity (Wildman–Crippen MR) is 68.0 cm³/mol. The Balaban J connectivity index is 2.36. The number of morpholine rings is 1. The highest BCUT2D eigenvalue weighted by molar-refractivity contribution is 5.78. The Bertz CT molecular complexity index is 238. The van der Waals surface area contributed by atoms with Crippen molar-refractivity contribution >= 4 is 5.91 Å². The van der Waals surface area contributed by atoms with E-state index in [1.165, 1.54) is 0 Å². The van der Waals surface area contributed by atoms with Crippen LogP contribution < -0.4 is 5.32 Å². The third kappa shape index (κ3) is 5.02. The second-order valence-corrected chi connectivity index (χ2v) is 4.90. The van der Waals surface area contributed by atoms with Crippen LogP contribution in [0.15, 0.2) is 0 Å². The largest absolute Gasteiger partial charge is 0.372 e. The van der Waals surface area contributed by atoms with E-state index in [0.717, 1.165) is 13.1 Å². The molecule has 5 heteroatoms. The molecular weight excluding hydrogens is 218 g/mol. The molecule has 0 aromatic carbocycles. The number of nitrogens with one attached hydrogen (secondary N) is 1. The van der Waals surface area contributed by atoms with E-state index in [1.807, 2.05) is 37.7 Å². The van der Waals surface area contributed by atoms with Crippen molar-refractivity contribution in [3.05, 3.63) is 0 Å². The van der Waals surface area contributed by atoms with E-state index in [1.54, 1.807) is 0 Å². The molecule has 1 heterocycles. The molecule has 2 atom stereocenters. The minimum absolute atomic E-state index is 0.144. The maximum absolute atomic E-state index is 12.1. The Kier molecular flexibility index (Phi) is 5.88. The zero-order valence-corrected chi connectivity index (χ0v) is 11.4. The fourth-order valence-corrected chi connectivity index (χ4v) is 2.09. The standard InChI is InChI=1S/C12H25N3O2/c1-10-7-15(8-11(2)17-10)12(16)9-14(4)6-5-13-3/h10-11,13H,5-9H2,1-4H3. The minimum atomic E-state index is 0.144. The number of hydrogen-bond donors (Lipinski definition) is 1. The smallest absolute Gasteiger partial charge is 0.236 e. The first-order chi connectivity index (χ1) is 8.02. The van der Waals surface area contributed by atoms with Crippen LogP contribution in [0.4, 0.5) is 0 Å². The summed E-state index contributed by atoms with van der Waals surface area (Å²) in [5.74, 6) is 0.200. The number of likely N-dealkylation sites (N-methyl/N-ethyl adjacent to an activating group) is 2. The van der Waals surface area contributed by atoms with Crippen molar-refractivity contribution < 1.29 is 9.53 Å². The molecule has 0 saturated carbocycles. The third-order valence-corrected chi connectivity index (χ3v) is 2.92. The van der Waals surface area contributed by atoms with Crippen molar-refractivity contribution in [3.63, 3.8) is 0 Å². The van der Waals surface area contributed by atoms with E-state index < -0.39 is 0 Å². The van der Waals surface area contributed by atoms with E-state index in [0.29, 0.717) is 19.6 Å². The van der Waals surface area contributed by atoms with Crippen molar-refractivity contribution in [1.29, 1.82) is 0 Å². The molecule has 0 radical (unpaired) electrons. The van der Waals surface area contributed by atoms with Gasteiger partial charge in [-0.15, -0.1) is 0 Å². The average molecular weight is 243 g/mol. The van der Waals surface area contributed by atoms with Gasteiger partial charge in [0.2, 0.25) is 5.91 Å². The lowest BCUT2D eigenvalue weighted by Gasteiger charge is -2.36. The number of ether oxygens (including phenoxy) is 1. The Labute approximate surface area is 104 Å².